The Balaban J connectivity index is 1.63. The molecule has 0 aliphatic carbocycles. The Morgan fingerprint density at radius 3 is 2.68 bits per heavy atom. The van der Waals surface area contributed by atoms with Gasteiger partial charge in [-0.05, 0) is 36.2 Å². The summed E-state index contributed by atoms with van der Waals surface area (Å²) in [5.74, 6) is 0.156. The van der Waals surface area contributed by atoms with Gasteiger partial charge in [-0.2, -0.15) is 0 Å². The second-order valence-corrected chi connectivity index (χ2v) is 5.86. The maximum Gasteiger partial charge on any atom is 0.254 e. The first-order valence-corrected chi connectivity index (χ1v) is 8.02. The molecule has 1 amide bonds. The SMILES string of the molecule is Cc1ccc(Cl)cc1Nc1ncc(C(=O)NCc2cccnc2)cn1. The highest BCUT2D eigenvalue weighted by Crippen LogP contribution is 2.22. The van der Waals surface area contributed by atoms with Gasteiger partial charge in [0.25, 0.3) is 5.91 Å². The summed E-state index contributed by atoms with van der Waals surface area (Å²) >= 11 is 6.00. The number of benzene rings is 1. The van der Waals surface area contributed by atoms with Gasteiger partial charge >= 0.3 is 0 Å². The van der Waals surface area contributed by atoms with Crippen molar-refractivity contribution >= 4 is 29.1 Å². The number of hydrogen-bond acceptors (Lipinski definition) is 5. The molecule has 2 heterocycles. The maximum atomic E-state index is 12.1. The summed E-state index contributed by atoms with van der Waals surface area (Å²) in [6.45, 7) is 2.35. The third-order valence-corrected chi connectivity index (χ3v) is 3.77. The number of rotatable bonds is 5. The molecule has 3 aromatic rings. The highest BCUT2D eigenvalue weighted by Gasteiger charge is 2.08. The third kappa shape index (κ3) is 4.51. The van der Waals surface area contributed by atoms with Gasteiger partial charge in [0.1, 0.15) is 0 Å². The van der Waals surface area contributed by atoms with Crippen LogP contribution in [-0.4, -0.2) is 20.9 Å². The number of nitrogens with zero attached hydrogens (tertiary/aromatic N) is 3. The molecular formula is C18H16ClN5O. The zero-order valence-electron chi connectivity index (χ0n) is 13.5. The number of carbonyl (C=O) groups is 1. The normalized spacial score (nSPS) is 10.3. The molecule has 0 spiro atoms. The smallest absolute Gasteiger partial charge is 0.254 e. The predicted molar refractivity (Wildman–Crippen MR) is 96.9 cm³/mol. The van der Waals surface area contributed by atoms with Crippen LogP contribution < -0.4 is 10.6 Å². The molecule has 1 aromatic carbocycles. The minimum Gasteiger partial charge on any atom is -0.348 e. The number of halogens is 1. The highest BCUT2D eigenvalue weighted by atomic mass is 35.5. The van der Waals surface area contributed by atoms with E-state index in [4.69, 9.17) is 11.6 Å². The van der Waals surface area contributed by atoms with Crippen molar-refractivity contribution in [1.29, 1.82) is 0 Å². The lowest BCUT2D eigenvalue weighted by molar-refractivity contribution is 0.0950. The molecule has 0 saturated carbocycles. The van der Waals surface area contributed by atoms with E-state index < -0.39 is 0 Å². The quantitative estimate of drug-likeness (QED) is 0.733. The van der Waals surface area contributed by atoms with Gasteiger partial charge in [-0.3, -0.25) is 9.78 Å². The summed E-state index contributed by atoms with van der Waals surface area (Å²) < 4.78 is 0. The Bertz CT molecular complexity index is 868. The average molecular weight is 354 g/mol. The van der Waals surface area contributed by atoms with Crippen molar-refractivity contribution in [1.82, 2.24) is 20.3 Å². The molecule has 0 aliphatic rings. The largest absolute Gasteiger partial charge is 0.348 e. The molecule has 126 valence electrons. The van der Waals surface area contributed by atoms with E-state index in [9.17, 15) is 4.79 Å². The van der Waals surface area contributed by atoms with E-state index in [1.165, 1.54) is 12.4 Å². The standard InChI is InChI=1S/C18H16ClN5O/c1-12-4-5-15(19)7-16(12)24-18-22-10-14(11-23-18)17(25)21-9-13-3-2-6-20-8-13/h2-8,10-11H,9H2,1H3,(H,21,25)(H,22,23,24). The second kappa shape index (κ2) is 7.72. The van der Waals surface area contributed by atoms with Crippen molar-refractivity contribution < 1.29 is 4.79 Å². The molecule has 6 nitrogen and oxygen atoms in total. The molecule has 7 heteroatoms. The summed E-state index contributed by atoms with van der Waals surface area (Å²) in [5, 5.41) is 6.52. The molecular weight excluding hydrogens is 338 g/mol. The van der Waals surface area contributed by atoms with Gasteiger partial charge in [0.2, 0.25) is 5.95 Å². The van der Waals surface area contributed by atoms with Crippen LogP contribution in [0.3, 0.4) is 0 Å². The van der Waals surface area contributed by atoms with Crippen molar-refractivity contribution in [2.45, 2.75) is 13.5 Å². The fraction of sp³-hybridized carbons (Fsp3) is 0.111. The van der Waals surface area contributed by atoms with Crippen LogP contribution in [-0.2, 0) is 6.54 Å². The van der Waals surface area contributed by atoms with Gasteiger partial charge in [-0.25, -0.2) is 9.97 Å². The number of nitrogens with one attached hydrogen (secondary N) is 2. The number of carbonyl (C=O) groups excluding carboxylic acids is 1. The average Bonchev–Trinajstić information content (AvgIpc) is 2.64. The number of anilines is 2. The molecule has 0 atom stereocenters. The highest BCUT2D eigenvalue weighted by molar-refractivity contribution is 6.30. The van der Waals surface area contributed by atoms with Crippen LogP contribution in [0.15, 0.2) is 55.1 Å². The molecule has 2 aromatic heterocycles. The number of pyridine rings is 1. The molecule has 2 N–H and O–H groups in total. The number of amides is 1. The Morgan fingerprint density at radius 1 is 1.16 bits per heavy atom. The minimum absolute atomic E-state index is 0.241. The summed E-state index contributed by atoms with van der Waals surface area (Å²) in [6.07, 6.45) is 6.35. The summed E-state index contributed by atoms with van der Waals surface area (Å²) in [5.41, 5.74) is 3.15. The number of aromatic nitrogens is 3. The zero-order valence-corrected chi connectivity index (χ0v) is 14.3. The Hall–Kier alpha value is -2.99. The Labute approximate surface area is 150 Å². The van der Waals surface area contributed by atoms with Crippen molar-refractivity contribution in [2.75, 3.05) is 5.32 Å². The monoisotopic (exact) mass is 353 g/mol. The van der Waals surface area contributed by atoms with Gasteiger partial charge in [0.05, 0.1) is 5.56 Å². The van der Waals surface area contributed by atoms with Crippen LogP contribution in [0.25, 0.3) is 0 Å². The van der Waals surface area contributed by atoms with Crippen LogP contribution in [0.2, 0.25) is 5.02 Å². The lowest BCUT2D eigenvalue weighted by Gasteiger charge is -2.09. The molecule has 3 rings (SSSR count). The van der Waals surface area contributed by atoms with Gasteiger partial charge < -0.3 is 10.6 Å². The Morgan fingerprint density at radius 2 is 1.96 bits per heavy atom. The molecule has 0 fully saturated rings. The molecule has 0 radical (unpaired) electrons. The lowest BCUT2D eigenvalue weighted by atomic mass is 10.2. The fourth-order valence-corrected chi connectivity index (χ4v) is 2.32. The van der Waals surface area contributed by atoms with Crippen LogP contribution in [0.1, 0.15) is 21.5 Å². The van der Waals surface area contributed by atoms with E-state index in [1.807, 2.05) is 31.2 Å². The topological polar surface area (TPSA) is 79.8 Å². The van der Waals surface area contributed by atoms with E-state index in [1.54, 1.807) is 18.5 Å². The van der Waals surface area contributed by atoms with E-state index in [2.05, 4.69) is 25.6 Å². The van der Waals surface area contributed by atoms with E-state index in [0.29, 0.717) is 23.1 Å². The van der Waals surface area contributed by atoms with Crippen molar-refractivity contribution in [3.05, 3.63) is 76.8 Å². The summed E-state index contributed by atoms with van der Waals surface area (Å²) in [6, 6.07) is 9.24. The maximum absolute atomic E-state index is 12.1. The zero-order chi connectivity index (χ0) is 17.6. The Kier molecular flexibility index (Phi) is 5.20. The summed E-state index contributed by atoms with van der Waals surface area (Å²) in [7, 11) is 0. The van der Waals surface area contributed by atoms with Crippen molar-refractivity contribution in [3.8, 4) is 0 Å². The van der Waals surface area contributed by atoms with Gasteiger partial charge in [-0.1, -0.05) is 23.7 Å². The third-order valence-electron chi connectivity index (χ3n) is 3.54. The summed E-state index contributed by atoms with van der Waals surface area (Å²) in [4.78, 5) is 24.5. The van der Waals surface area contributed by atoms with Crippen LogP contribution in [0.5, 0.6) is 0 Å². The first-order chi connectivity index (χ1) is 12.1. The molecule has 0 aliphatic heterocycles. The predicted octanol–water partition coefficient (Wildman–Crippen LogP) is 3.51. The fourth-order valence-electron chi connectivity index (χ4n) is 2.15. The van der Waals surface area contributed by atoms with Gasteiger partial charge in [0.15, 0.2) is 0 Å². The van der Waals surface area contributed by atoms with Crippen LogP contribution in [0, 0.1) is 6.92 Å². The van der Waals surface area contributed by atoms with E-state index in [0.717, 1.165) is 16.8 Å². The van der Waals surface area contributed by atoms with Gasteiger partial charge in [-0.15, -0.1) is 0 Å². The number of aryl methyl sites for hydroxylation is 1. The first-order valence-electron chi connectivity index (χ1n) is 7.64. The van der Waals surface area contributed by atoms with Crippen LogP contribution in [0.4, 0.5) is 11.6 Å². The minimum atomic E-state index is -0.241. The van der Waals surface area contributed by atoms with Crippen molar-refractivity contribution in [2.24, 2.45) is 0 Å². The van der Waals surface area contributed by atoms with Crippen molar-refractivity contribution in [3.63, 3.8) is 0 Å². The van der Waals surface area contributed by atoms with E-state index >= 15 is 0 Å². The molecule has 0 unspecified atom stereocenters. The molecule has 0 saturated heterocycles. The van der Waals surface area contributed by atoms with E-state index in [-0.39, 0.29) is 5.91 Å². The van der Waals surface area contributed by atoms with Crippen LogP contribution >= 0.6 is 11.6 Å². The molecule has 25 heavy (non-hydrogen) atoms. The second-order valence-electron chi connectivity index (χ2n) is 5.42. The lowest BCUT2D eigenvalue weighted by Crippen LogP contribution is -2.23. The first kappa shape index (κ1) is 16.9. The molecule has 0 bridgehead atoms. The number of hydrogen-bond donors (Lipinski definition) is 2. The van der Waals surface area contributed by atoms with Gasteiger partial charge in [0, 0.05) is 42.0 Å².